The Morgan fingerprint density at radius 2 is 1.92 bits per heavy atom. The van der Waals surface area contributed by atoms with Crippen molar-refractivity contribution in [1.82, 2.24) is 10.1 Å². The fraction of sp³-hybridized carbons (Fsp3) is 0.722. The zero-order valence-electron chi connectivity index (χ0n) is 16.0. The molecule has 7 heteroatoms. The zero-order chi connectivity index (χ0) is 18.8. The summed E-state index contributed by atoms with van der Waals surface area (Å²) in [5, 5.41) is 3.92. The Labute approximate surface area is 149 Å². The summed E-state index contributed by atoms with van der Waals surface area (Å²) >= 11 is 0. The highest BCUT2D eigenvalue weighted by molar-refractivity contribution is 5.99. The topological polar surface area (TPSA) is 75.9 Å². The highest BCUT2D eigenvalue weighted by Gasteiger charge is 2.41. The van der Waals surface area contributed by atoms with Gasteiger partial charge in [0.25, 0.3) is 5.91 Å². The van der Waals surface area contributed by atoms with Gasteiger partial charge < -0.3 is 9.26 Å². The molecule has 1 aromatic heterocycles. The highest BCUT2D eigenvalue weighted by atomic mass is 16.6. The van der Waals surface area contributed by atoms with Crippen molar-refractivity contribution < 1.29 is 18.8 Å². The standard InChI is InChI=1S/C18H29N3O4/c1-17(2,3)21(14-10-12-24-19-14)15(22)13-9-7-8-11-20(13)16(23)25-18(4,5)6/h10,12-13H,7-9,11H2,1-6H3. The predicted molar refractivity (Wildman–Crippen MR) is 94.3 cm³/mol. The predicted octanol–water partition coefficient (Wildman–Crippen LogP) is 3.60. The first-order valence-electron chi connectivity index (χ1n) is 8.75. The molecule has 1 aromatic rings. The van der Waals surface area contributed by atoms with Crippen LogP contribution in [0.5, 0.6) is 0 Å². The first-order chi connectivity index (χ1) is 11.5. The molecule has 2 rings (SSSR count). The van der Waals surface area contributed by atoms with E-state index < -0.39 is 23.3 Å². The first kappa shape index (κ1) is 19.3. The van der Waals surface area contributed by atoms with Crippen LogP contribution >= 0.6 is 0 Å². The third-order valence-corrected chi connectivity index (χ3v) is 3.96. The van der Waals surface area contributed by atoms with Gasteiger partial charge in [0.05, 0.1) is 0 Å². The van der Waals surface area contributed by atoms with Gasteiger partial charge in [-0.25, -0.2) is 4.79 Å². The third kappa shape index (κ3) is 4.74. The van der Waals surface area contributed by atoms with E-state index in [9.17, 15) is 9.59 Å². The van der Waals surface area contributed by atoms with Gasteiger partial charge in [0.1, 0.15) is 17.9 Å². The Morgan fingerprint density at radius 1 is 1.24 bits per heavy atom. The first-order valence-corrected chi connectivity index (χ1v) is 8.75. The minimum Gasteiger partial charge on any atom is -0.444 e. The van der Waals surface area contributed by atoms with E-state index in [4.69, 9.17) is 9.26 Å². The monoisotopic (exact) mass is 351 g/mol. The van der Waals surface area contributed by atoms with Crippen molar-refractivity contribution in [2.45, 2.75) is 78.0 Å². The molecule has 25 heavy (non-hydrogen) atoms. The van der Waals surface area contributed by atoms with E-state index in [1.165, 1.54) is 6.26 Å². The van der Waals surface area contributed by atoms with Crippen LogP contribution in [0.15, 0.2) is 16.9 Å². The second-order valence-electron chi connectivity index (χ2n) is 8.39. The maximum atomic E-state index is 13.3. The van der Waals surface area contributed by atoms with Crippen molar-refractivity contribution in [1.29, 1.82) is 0 Å². The number of carbonyl (C=O) groups is 2. The summed E-state index contributed by atoms with van der Waals surface area (Å²) in [6.45, 7) is 11.8. The Balaban J connectivity index is 2.28. The number of likely N-dealkylation sites (tertiary alicyclic amines) is 1. The number of nitrogens with zero attached hydrogens (tertiary/aromatic N) is 3. The van der Waals surface area contributed by atoms with E-state index in [1.54, 1.807) is 15.9 Å². The van der Waals surface area contributed by atoms with Crippen LogP contribution in [0.2, 0.25) is 0 Å². The Bertz CT molecular complexity index is 599. The maximum absolute atomic E-state index is 13.3. The molecule has 0 aromatic carbocycles. The molecule has 0 bridgehead atoms. The van der Waals surface area contributed by atoms with Gasteiger partial charge in [-0.1, -0.05) is 5.16 Å². The summed E-state index contributed by atoms with van der Waals surface area (Å²) < 4.78 is 10.4. The van der Waals surface area contributed by atoms with Crippen molar-refractivity contribution in [2.24, 2.45) is 0 Å². The van der Waals surface area contributed by atoms with Gasteiger partial charge in [0.2, 0.25) is 0 Å². The number of hydrogen-bond acceptors (Lipinski definition) is 5. The lowest BCUT2D eigenvalue weighted by Crippen LogP contribution is -2.58. The molecule has 2 amide bonds. The molecular formula is C18H29N3O4. The second-order valence-corrected chi connectivity index (χ2v) is 8.39. The molecule has 1 aliphatic rings. The molecule has 1 atom stereocenters. The molecule has 0 spiro atoms. The summed E-state index contributed by atoms with van der Waals surface area (Å²) in [4.78, 5) is 29.1. The van der Waals surface area contributed by atoms with E-state index in [-0.39, 0.29) is 5.91 Å². The number of rotatable bonds is 2. The Hall–Kier alpha value is -2.05. The molecule has 7 nitrogen and oxygen atoms in total. The van der Waals surface area contributed by atoms with Crippen LogP contribution in [-0.2, 0) is 9.53 Å². The molecule has 1 fully saturated rings. The normalized spacial score (nSPS) is 18.8. The summed E-state index contributed by atoms with van der Waals surface area (Å²) in [6, 6.07) is 1.10. The van der Waals surface area contributed by atoms with Gasteiger partial charge in [0, 0.05) is 18.2 Å². The smallest absolute Gasteiger partial charge is 0.410 e. The number of carbonyl (C=O) groups excluding carboxylic acids is 2. The molecule has 0 saturated carbocycles. The van der Waals surface area contributed by atoms with E-state index >= 15 is 0 Å². The Kier molecular flexibility index (Phi) is 5.44. The molecule has 140 valence electrons. The molecule has 1 saturated heterocycles. The van der Waals surface area contributed by atoms with Crippen LogP contribution < -0.4 is 4.90 Å². The maximum Gasteiger partial charge on any atom is 0.410 e. The Morgan fingerprint density at radius 3 is 2.44 bits per heavy atom. The van der Waals surface area contributed by atoms with Gasteiger partial charge in [-0.3, -0.25) is 14.6 Å². The minimum absolute atomic E-state index is 0.160. The van der Waals surface area contributed by atoms with Crippen molar-refractivity contribution in [3.63, 3.8) is 0 Å². The van der Waals surface area contributed by atoms with Gasteiger partial charge in [-0.15, -0.1) is 0 Å². The van der Waals surface area contributed by atoms with Crippen molar-refractivity contribution >= 4 is 17.8 Å². The number of anilines is 1. The summed E-state index contributed by atoms with van der Waals surface area (Å²) in [5.41, 5.74) is -1.09. The average Bonchev–Trinajstić information content (AvgIpc) is 2.97. The van der Waals surface area contributed by atoms with Gasteiger partial charge in [0.15, 0.2) is 5.82 Å². The molecule has 2 heterocycles. The third-order valence-electron chi connectivity index (χ3n) is 3.96. The summed E-state index contributed by atoms with van der Waals surface area (Å²) in [7, 11) is 0. The number of amides is 2. The van der Waals surface area contributed by atoms with Crippen molar-refractivity contribution in [2.75, 3.05) is 11.4 Å². The van der Waals surface area contributed by atoms with Gasteiger partial charge in [-0.2, -0.15) is 0 Å². The number of ether oxygens (including phenoxy) is 1. The molecule has 0 N–H and O–H groups in total. The lowest BCUT2D eigenvalue weighted by Gasteiger charge is -2.41. The number of piperidine rings is 1. The zero-order valence-corrected chi connectivity index (χ0v) is 16.0. The fourth-order valence-electron chi connectivity index (χ4n) is 2.99. The molecule has 0 aliphatic carbocycles. The molecular weight excluding hydrogens is 322 g/mol. The van der Waals surface area contributed by atoms with Gasteiger partial charge >= 0.3 is 6.09 Å². The van der Waals surface area contributed by atoms with Crippen LogP contribution in [-0.4, -0.2) is 45.8 Å². The van der Waals surface area contributed by atoms with Crippen molar-refractivity contribution in [3.8, 4) is 0 Å². The van der Waals surface area contributed by atoms with E-state index in [0.29, 0.717) is 18.8 Å². The van der Waals surface area contributed by atoms with Gasteiger partial charge in [-0.05, 0) is 60.8 Å². The fourth-order valence-corrected chi connectivity index (χ4v) is 2.99. The quantitative estimate of drug-likeness (QED) is 0.814. The molecule has 1 unspecified atom stereocenters. The SMILES string of the molecule is CC(C)(C)OC(=O)N1CCCCC1C(=O)N(c1ccon1)C(C)(C)C. The van der Waals surface area contributed by atoms with Crippen LogP contribution in [0.4, 0.5) is 10.6 Å². The van der Waals surface area contributed by atoms with Crippen LogP contribution in [0.3, 0.4) is 0 Å². The minimum atomic E-state index is -0.599. The van der Waals surface area contributed by atoms with Crippen LogP contribution in [0.25, 0.3) is 0 Å². The lowest BCUT2D eigenvalue weighted by molar-refractivity contribution is -0.126. The molecule has 1 aliphatic heterocycles. The average molecular weight is 351 g/mol. The van der Waals surface area contributed by atoms with Crippen LogP contribution in [0, 0.1) is 0 Å². The number of aromatic nitrogens is 1. The van der Waals surface area contributed by atoms with Crippen LogP contribution in [0.1, 0.15) is 60.8 Å². The number of hydrogen-bond donors (Lipinski definition) is 0. The van der Waals surface area contributed by atoms with E-state index in [1.807, 2.05) is 41.5 Å². The van der Waals surface area contributed by atoms with E-state index in [2.05, 4.69) is 5.16 Å². The molecule has 0 radical (unpaired) electrons. The summed E-state index contributed by atoms with van der Waals surface area (Å²) in [6.07, 6.45) is 3.37. The highest BCUT2D eigenvalue weighted by Crippen LogP contribution is 2.28. The summed E-state index contributed by atoms with van der Waals surface area (Å²) in [5.74, 6) is 0.291. The largest absolute Gasteiger partial charge is 0.444 e. The van der Waals surface area contributed by atoms with E-state index in [0.717, 1.165) is 12.8 Å². The lowest BCUT2D eigenvalue weighted by atomic mass is 9.98. The van der Waals surface area contributed by atoms with Crippen molar-refractivity contribution in [3.05, 3.63) is 12.3 Å². The second kappa shape index (κ2) is 7.06.